The van der Waals surface area contributed by atoms with E-state index in [-0.39, 0.29) is 0 Å². The average Bonchev–Trinajstić information content (AvgIpc) is 2.85. The molecule has 0 atom stereocenters. The molecule has 0 aliphatic rings. The van der Waals surface area contributed by atoms with E-state index in [0.717, 1.165) is 18.7 Å². The molecule has 2 N–H and O–H groups in total. The van der Waals surface area contributed by atoms with E-state index in [1.165, 1.54) is 21.7 Å². The Morgan fingerprint density at radius 3 is 2.82 bits per heavy atom. The van der Waals surface area contributed by atoms with Crippen molar-refractivity contribution in [3.63, 3.8) is 0 Å². The van der Waals surface area contributed by atoms with Crippen LogP contribution >= 0.6 is 11.3 Å². The van der Waals surface area contributed by atoms with Crippen molar-refractivity contribution in [1.82, 2.24) is 9.78 Å². The third-order valence-corrected chi connectivity index (χ3v) is 3.96. The van der Waals surface area contributed by atoms with Crippen molar-refractivity contribution in [2.75, 3.05) is 0 Å². The van der Waals surface area contributed by atoms with Gasteiger partial charge in [0.05, 0.1) is 5.69 Å². The predicted molar refractivity (Wildman–Crippen MR) is 73.2 cm³/mol. The normalized spacial score (nSPS) is 11.1. The number of nitrogens with two attached hydrogens (primary N) is 1. The number of rotatable bonds is 4. The summed E-state index contributed by atoms with van der Waals surface area (Å²) in [5.41, 5.74) is 10.7. The maximum absolute atomic E-state index is 5.78. The summed E-state index contributed by atoms with van der Waals surface area (Å²) < 4.78 is 2.10. The van der Waals surface area contributed by atoms with Gasteiger partial charge in [-0.1, -0.05) is 6.92 Å². The van der Waals surface area contributed by atoms with E-state index in [0.29, 0.717) is 6.54 Å². The lowest BCUT2D eigenvalue weighted by molar-refractivity contribution is 0.583. The molecule has 0 saturated heterocycles. The summed E-state index contributed by atoms with van der Waals surface area (Å²) in [6, 6.07) is 2.15. The molecule has 2 heterocycles. The van der Waals surface area contributed by atoms with Crippen molar-refractivity contribution in [1.29, 1.82) is 0 Å². The first-order valence-electron chi connectivity index (χ1n) is 5.99. The highest BCUT2D eigenvalue weighted by Crippen LogP contribution is 2.32. The third-order valence-electron chi connectivity index (χ3n) is 3.02. The summed E-state index contributed by atoms with van der Waals surface area (Å²) in [6.45, 7) is 7.97. The molecule has 0 aliphatic heterocycles. The van der Waals surface area contributed by atoms with Gasteiger partial charge in [-0.2, -0.15) is 5.10 Å². The molecule has 2 rings (SSSR count). The second kappa shape index (κ2) is 5.02. The lowest BCUT2D eigenvalue weighted by Gasteiger charge is -2.04. The Morgan fingerprint density at radius 2 is 2.18 bits per heavy atom. The van der Waals surface area contributed by atoms with Crippen LogP contribution in [0.25, 0.3) is 11.1 Å². The summed E-state index contributed by atoms with van der Waals surface area (Å²) in [5.74, 6) is 0. The molecule has 3 nitrogen and oxygen atoms in total. The number of thiophene rings is 1. The van der Waals surface area contributed by atoms with Crippen LogP contribution in [0, 0.1) is 13.8 Å². The molecular weight excluding hydrogens is 230 g/mol. The first-order valence-corrected chi connectivity index (χ1v) is 6.87. The van der Waals surface area contributed by atoms with E-state index in [9.17, 15) is 0 Å². The zero-order chi connectivity index (χ0) is 12.4. The molecule has 4 heteroatoms. The quantitative estimate of drug-likeness (QED) is 0.905. The van der Waals surface area contributed by atoms with E-state index >= 15 is 0 Å². The van der Waals surface area contributed by atoms with Gasteiger partial charge in [-0.3, -0.25) is 4.68 Å². The highest BCUT2D eigenvalue weighted by molar-refractivity contribution is 7.10. The smallest absolute Gasteiger partial charge is 0.0675 e. The molecule has 0 fully saturated rings. The van der Waals surface area contributed by atoms with Crippen LogP contribution in [-0.4, -0.2) is 9.78 Å². The van der Waals surface area contributed by atoms with Crippen LogP contribution < -0.4 is 5.73 Å². The molecule has 0 spiro atoms. The Labute approximate surface area is 106 Å². The molecule has 0 bridgehead atoms. The van der Waals surface area contributed by atoms with Gasteiger partial charge in [-0.05, 0) is 31.7 Å². The fourth-order valence-corrected chi connectivity index (χ4v) is 3.00. The number of hydrogen-bond donors (Lipinski definition) is 1. The Balaban J connectivity index is 2.52. The van der Waals surface area contributed by atoms with Gasteiger partial charge in [0.25, 0.3) is 0 Å². The summed E-state index contributed by atoms with van der Waals surface area (Å²) in [6.07, 6.45) is 1.11. The van der Waals surface area contributed by atoms with E-state index < -0.39 is 0 Å². The van der Waals surface area contributed by atoms with Gasteiger partial charge in [0, 0.05) is 34.8 Å². The van der Waals surface area contributed by atoms with Gasteiger partial charge in [0.15, 0.2) is 0 Å². The minimum atomic E-state index is 0.602. The predicted octanol–water partition coefficient (Wildman–Crippen LogP) is 3.10. The minimum absolute atomic E-state index is 0.602. The largest absolute Gasteiger partial charge is 0.326 e. The number of nitrogens with zero attached hydrogens (tertiary/aromatic N) is 2. The fraction of sp³-hybridized carbons (Fsp3) is 0.462. The Kier molecular flexibility index (Phi) is 3.64. The molecular formula is C13H19N3S. The van der Waals surface area contributed by atoms with Crippen molar-refractivity contribution in [3.05, 3.63) is 27.7 Å². The molecule has 0 aromatic carbocycles. The van der Waals surface area contributed by atoms with Crippen LogP contribution in [0.4, 0.5) is 0 Å². The SMILES string of the molecule is CCCn1nc(C)c(-c2ccsc2CN)c1C. The van der Waals surface area contributed by atoms with Crippen molar-refractivity contribution in [2.24, 2.45) is 5.73 Å². The summed E-state index contributed by atoms with van der Waals surface area (Å²) in [5, 5.41) is 6.72. The second-order valence-corrected chi connectivity index (χ2v) is 5.23. The van der Waals surface area contributed by atoms with Crippen LogP contribution in [0.5, 0.6) is 0 Å². The summed E-state index contributed by atoms with van der Waals surface area (Å²) in [7, 11) is 0. The monoisotopic (exact) mass is 249 g/mol. The van der Waals surface area contributed by atoms with Gasteiger partial charge in [0.2, 0.25) is 0 Å². The number of aryl methyl sites for hydroxylation is 2. The molecule has 2 aromatic rings. The maximum atomic E-state index is 5.78. The third kappa shape index (κ3) is 2.15. The van der Waals surface area contributed by atoms with Crippen LogP contribution in [-0.2, 0) is 13.1 Å². The molecule has 0 saturated carbocycles. The van der Waals surface area contributed by atoms with E-state index in [2.05, 4.69) is 42.0 Å². The molecule has 0 amide bonds. The molecule has 0 aliphatic carbocycles. The second-order valence-electron chi connectivity index (χ2n) is 4.23. The van der Waals surface area contributed by atoms with Gasteiger partial charge < -0.3 is 5.73 Å². The fourth-order valence-electron chi connectivity index (χ4n) is 2.24. The highest BCUT2D eigenvalue weighted by atomic mass is 32.1. The summed E-state index contributed by atoms with van der Waals surface area (Å²) in [4.78, 5) is 1.24. The summed E-state index contributed by atoms with van der Waals surface area (Å²) >= 11 is 1.72. The average molecular weight is 249 g/mol. The van der Waals surface area contributed by atoms with Gasteiger partial charge in [0.1, 0.15) is 0 Å². The van der Waals surface area contributed by atoms with Crippen molar-refractivity contribution < 1.29 is 0 Å². The maximum Gasteiger partial charge on any atom is 0.0675 e. The van der Waals surface area contributed by atoms with Crippen molar-refractivity contribution >= 4 is 11.3 Å². The van der Waals surface area contributed by atoms with Crippen molar-refractivity contribution in [2.45, 2.75) is 40.3 Å². The molecule has 0 radical (unpaired) electrons. The lowest BCUT2D eigenvalue weighted by atomic mass is 10.0. The van der Waals surface area contributed by atoms with Crippen LogP contribution in [0.2, 0.25) is 0 Å². The van der Waals surface area contributed by atoms with Gasteiger partial charge in [-0.25, -0.2) is 0 Å². The van der Waals surface area contributed by atoms with Gasteiger partial charge in [-0.15, -0.1) is 11.3 Å². The first kappa shape index (κ1) is 12.3. The van der Waals surface area contributed by atoms with Crippen molar-refractivity contribution in [3.8, 4) is 11.1 Å². The molecule has 92 valence electrons. The standard InChI is InChI=1S/C13H19N3S/c1-4-6-16-10(3)13(9(2)15-16)11-5-7-17-12(11)8-14/h5,7H,4,6,8,14H2,1-3H3. The minimum Gasteiger partial charge on any atom is -0.326 e. The Hall–Kier alpha value is -1.13. The van der Waals surface area contributed by atoms with Crippen LogP contribution in [0.15, 0.2) is 11.4 Å². The van der Waals surface area contributed by atoms with E-state index in [1.54, 1.807) is 11.3 Å². The van der Waals surface area contributed by atoms with E-state index in [1.807, 2.05) is 0 Å². The Morgan fingerprint density at radius 1 is 1.41 bits per heavy atom. The Bertz CT molecular complexity index is 511. The molecule has 2 aromatic heterocycles. The van der Waals surface area contributed by atoms with Gasteiger partial charge >= 0.3 is 0 Å². The van der Waals surface area contributed by atoms with Crippen LogP contribution in [0.3, 0.4) is 0 Å². The zero-order valence-electron chi connectivity index (χ0n) is 10.7. The zero-order valence-corrected chi connectivity index (χ0v) is 11.5. The van der Waals surface area contributed by atoms with E-state index in [4.69, 9.17) is 5.73 Å². The van der Waals surface area contributed by atoms with Crippen LogP contribution in [0.1, 0.15) is 29.6 Å². The number of hydrogen-bond acceptors (Lipinski definition) is 3. The first-order chi connectivity index (χ1) is 8.19. The highest BCUT2D eigenvalue weighted by Gasteiger charge is 2.16. The lowest BCUT2D eigenvalue weighted by Crippen LogP contribution is -2.01. The molecule has 17 heavy (non-hydrogen) atoms. The molecule has 0 unspecified atom stereocenters. The number of aromatic nitrogens is 2. The topological polar surface area (TPSA) is 43.8 Å².